The van der Waals surface area contributed by atoms with E-state index in [-0.39, 0.29) is 24.0 Å². The average molecular weight is 673 g/mol. The normalized spacial score (nSPS) is 16.3. The minimum Gasteiger partial charge on any atom is -0.415 e. The zero-order valence-corrected chi connectivity index (χ0v) is 26.8. The first kappa shape index (κ1) is 32.9. The van der Waals surface area contributed by atoms with Crippen molar-refractivity contribution in [3.05, 3.63) is 64.1 Å². The van der Waals surface area contributed by atoms with Crippen molar-refractivity contribution in [2.24, 2.45) is 0 Å². The molecule has 9 nitrogen and oxygen atoms in total. The Balaban J connectivity index is 1.51. The largest absolute Gasteiger partial charge is 0.451 e. The number of H-pyrrole nitrogens is 1. The molecule has 242 valence electrons. The predicted molar refractivity (Wildman–Crippen MR) is 160 cm³/mol. The maximum atomic E-state index is 13.6. The van der Waals surface area contributed by atoms with E-state index in [9.17, 15) is 26.3 Å². The highest BCUT2D eigenvalue weighted by Gasteiger charge is 2.44. The molecular weight excluding hydrogens is 642 g/mol. The number of nitrogens with one attached hydrogen (secondary N) is 2. The fraction of sp³-hybridized carbons (Fsp3) is 0.464. The Labute approximate surface area is 260 Å². The number of aromatic nitrogens is 6. The first-order chi connectivity index (χ1) is 20.8. The van der Waals surface area contributed by atoms with Crippen LogP contribution in [0.3, 0.4) is 0 Å². The molecule has 0 fully saturated rings. The van der Waals surface area contributed by atoms with E-state index in [0.717, 1.165) is 10.9 Å². The third-order valence-electron chi connectivity index (χ3n) is 8.12. The van der Waals surface area contributed by atoms with Crippen molar-refractivity contribution >= 4 is 42.7 Å². The minimum absolute atomic E-state index is 0.0134. The molecule has 0 saturated carbocycles. The van der Waals surface area contributed by atoms with Gasteiger partial charge in [0.05, 0.1) is 6.61 Å². The van der Waals surface area contributed by atoms with Crippen molar-refractivity contribution in [3.8, 4) is 0 Å². The first-order valence-electron chi connectivity index (χ1n) is 14.0. The maximum Gasteiger partial charge on any atom is 0.451 e. The van der Waals surface area contributed by atoms with Crippen molar-refractivity contribution in [1.29, 1.82) is 0 Å². The Morgan fingerprint density at radius 3 is 2.20 bits per heavy atom. The Bertz CT molecular complexity index is 1660. The van der Waals surface area contributed by atoms with Crippen LogP contribution in [0.4, 0.5) is 38.2 Å². The van der Waals surface area contributed by atoms with Gasteiger partial charge in [0.25, 0.3) is 0 Å². The van der Waals surface area contributed by atoms with Crippen molar-refractivity contribution in [2.45, 2.75) is 63.7 Å². The summed E-state index contributed by atoms with van der Waals surface area (Å²) in [7, 11) is -1.95. The van der Waals surface area contributed by atoms with Crippen LogP contribution in [0.25, 0.3) is 10.9 Å². The minimum atomic E-state index is -5.24. The number of rotatable bonds is 7. The number of fused-ring (bicyclic) bond motifs is 3. The van der Waals surface area contributed by atoms with Gasteiger partial charge in [-0.05, 0) is 48.3 Å². The van der Waals surface area contributed by atoms with Gasteiger partial charge in [-0.15, -0.1) is 0 Å². The second kappa shape index (κ2) is 11.7. The average Bonchev–Trinajstić information content (AvgIpc) is 3.31. The molecule has 0 radical (unpaired) electrons. The van der Waals surface area contributed by atoms with Crippen LogP contribution in [0.1, 0.15) is 55.3 Å². The number of aromatic amines is 1. The van der Waals surface area contributed by atoms with Crippen LogP contribution in [0, 0.1) is 0 Å². The van der Waals surface area contributed by atoms with Crippen molar-refractivity contribution in [3.63, 3.8) is 0 Å². The molecule has 1 atom stereocenters. The van der Waals surface area contributed by atoms with Gasteiger partial charge in [-0.25, -0.2) is 15.0 Å². The molecule has 1 aliphatic rings. The van der Waals surface area contributed by atoms with E-state index in [2.05, 4.69) is 69.1 Å². The van der Waals surface area contributed by atoms with Crippen LogP contribution in [-0.4, -0.2) is 57.9 Å². The van der Waals surface area contributed by atoms with Gasteiger partial charge in [-0.3, -0.25) is 0 Å². The molecule has 1 aromatic carbocycles. The number of halogens is 7. The summed E-state index contributed by atoms with van der Waals surface area (Å²) in [6.45, 7) is 11.6. The van der Waals surface area contributed by atoms with Crippen molar-refractivity contribution in [2.75, 3.05) is 29.9 Å². The molecule has 0 amide bonds. The van der Waals surface area contributed by atoms with Gasteiger partial charge in [0.2, 0.25) is 23.5 Å². The van der Waals surface area contributed by atoms with Crippen LogP contribution in [0.2, 0.25) is 23.2 Å². The molecule has 0 saturated heterocycles. The molecule has 5 rings (SSSR count). The highest BCUT2D eigenvalue weighted by molar-refractivity contribution is 6.74. The second-order valence-electron chi connectivity index (χ2n) is 12.2. The van der Waals surface area contributed by atoms with E-state index in [1.54, 1.807) is 18.2 Å². The van der Waals surface area contributed by atoms with Crippen LogP contribution < -0.4 is 10.2 Å². The lowest BCUT2D eigenvalue weighted by Gasteiger charge is -2.36. The Morgan fingerprint density at radius 2 is 1.62 bits per heavy atom. The zero-order valence-electron chi connectivity index (χ0n) is 25.0. The van der Waals surface area contributed by atoms with E-state index in [4.69, 9.17) is 16.0 Å². The van der Waals surface area contributed by atoms with Gasteiger partial charge in [-0.1, -0.05) is 32.4 Å². The number of hydrogen-bond acceptors (Lipinski definition) is 8. The molecule has 2 N–H and O–H groups in total. The maximum absolute atomic E-state index is 13.6. The molecule has 0 spiro atoms. The zero-order chi connectivity index (χ0) is 32.9. The smallest absolute Gasteiger partial charge is 0.415 e. The first-order valence-corrected chi connectivity index (χ1v) is 17.3. The van der Waals surface area contributed by atoms with Crippen molar-refractivity contribution < 1.29 is 30.8 Å². The molecule has 45 heavy (non-hydrogen) atoms. The fourth-order valence-corrected chi connectivity index (χ4v) is 6.04. The van der Waals surface area contributed by atoms with Gasteiger partial charge in [0, 0.05) is 52.7 Å². The Kier molecular flexibility index (Phi) is 8.54. The lowest BCUT2D eigenvalue weighted by molar-refractivity contribution is -0.155. The van der Waals surface area contributed by atoms with Gasteiger partial charge in [0.1, 0.15) is 6.04 Å². The lowest BCUT2D eigenvalue weighted by atomic mass is 9.94. The summed E-state index contributed by atoms with van der Waals surface area (Å²) in [6, 6.07) is 4.22. The second-order valence-corrected chi connectivity index (χ2v) is 17.5. The van der Waals surface area contributed by atoms with E-state index in [1.807, 2.05) is 0 Å². The molecule has 4 heterocycles. The molecule has 1 unspecified atom stereocenters. The summed E-state index contributed by atoms with van der Waals surface area (Å²) in [5, 5.41) is 4.40. The van der Waals surface area contributed by atoms with Gasteiger partial charge in [0.15, 0.2) is 8.32 Å². The number of hydrogen-bond donors (Lipinski definition) is 2. The van der Waals surface area contributed by atoms with E-state index in [0.29, 0.717) is 34.9 Å². The van der Waals surface area contributed by atoms with Gasteiger partial charge >= 0.3 is 12.4 Å². The molecule has 0 aliphatic carbocycles. The summed E-state index contributed by atoms with van der Waals surface area (Å²) in [5.74, 6) is -4.38. The van der Waals surface area contributed by atoms with E-state index in [1.165, 1.54) is 17.3 Å². The van der Waals surface area contributed by atoms with Crippen molar-refractivity contribution in [1.82, 2.24) is 29.9 Å². The summed E-state index contributed by atoms with van der Waals surface area (Å²) in [5.41, 5.74) is 2.41. The summed E-state index contributed by atoms with van der Waals surface area (Å²) >= 11 is 6.23. The lowest BCUT2D eigenvalue weighted by Crippen LogP contribution is -2.41. The molecular formula is C28H31ClF6N8OSi. The van der Waals surface area contributed by atoms with Crippen LogP contribution >= 0.6 is 11.6 Å². The van der Waals surface area contributed by atoms with Gasteiger partial charge < -0.3 is 19.6 Å². The SMILES string of the molecule is CC(C)(C)[Si](C)(C)OCCNc1ncc(C2c3[nH]c4ccc(Cl)cc4c3CCN2c2nc(C(F)(F)F)nc(C(F)(F)F)n2)cn1. The Morgan fingerprint density at radius 1 is 1.00 bits per heavy atom. The fourth-order valence-electron chi connectivity index (χ4n) is 4.83. The monoisotopic (exact) mass is 672 g/mol. The predicted octanol–water partition coefficient (Wildman–Crippen LogP) is 7.42. The number of nitrogens with zero attached hydrogens (tertiary/aromatic N) is 6. The van der Waals surface area contributed by atoms with Gasteiger partial charge in [-0.2, -0.15) is 36.3 Å². The summed E-state index contributed by atoms with van der Waals surface area (Å²) in [6.07, 6.45) is -7.29. The highest BCUT2D eigenvalue weighted by Crippen LogP contribution is 2.42. The van der Waals surface area contributed by atoms with Crippen LogP contribution in [0.15, 0.2) is 30.6 Å². The topological polar surface area (TPSA) is 105 Å². The third-order valence-corrected chi connectivity index (χ3v) is 12.9. The quantitative estimate of drug-likeness (QED) is 0.119. The molecule has 0 bridgehead atoms. The van der Waals surface area contributed by atoms with Crippen LogP contribution in [-0.2, 0) is 23.2 Å². The summed E-state index contributed by atoms with van der Waals surface area (Å²) in [4.78, 5) is 22.8. The number of alkyl halides is 6. The Hall–Kier alpha value is -3.50. The molecule has 1 aliphatic heterocycles. The summed E-state index contributed by atoms with van der Waals surface area (Å²) < 4.78 is 88.0. The molecule has 17 heteroatoms. The molecule has 3 aromatic heterocycles. The highest BCUT2D eigenvalue weighted by atomic mass is 35.5. The standard InChI is InChI=1S/C28H31ClF6N8OSi/c1-26(2,3)45(4,5)44-11-9-36-24-37-13-15(14-38-24)21-20-17(18-12-16(29)6-7-19(18)39-20)8-10-43(21)25-41-22(27(30,31)32)40-23(42-25)28(33,34)35/h6-7,12-14,21,39H,8-11H2,1-5H3,(H,36,37,38). The molecule has 4 aromatic rings. The number of anilines is 2. The third kappa shape index (κ3) is 6.87. The number of benzene rings is 1. The van der Waals surface area contributed by atoms with E-state index >= 15 is 0 Å². The van der Waals surface area contributed by atoms with Crippen LogP contribution in [0.5, 0.6) is 0 Å². The van der Waals surface area contributed by atoms with E-state index < -0.39 is 44.3 Å².